The quantitative estimate of drug-likeness (QED) is 0.892. The van der Waals surface area contributed by atoms with Crippen molar-refractivity contribution in [1.82, 2.24) is 10.5 Å². The first-order chi connectivity index (χ1) is 8.65. The summed E-state index contributed by atoms with van der Waals surface area (Å²) in [5.41, 5.74) is 0.901. The largest absolute Gasteiger partial charge is 0.361 e. The maximum Gasteiger partial charge on any atom is 0.233 e. The molecule has 2 rings (SSSR count). The van der Waals surface area contributed by atoms with Crippen molar-refractivity contribution < 1.29 is 9.32 Å². The van der Waals surface area contributed by atoms with E-state index in [2.05, 4.69) is 10.5 Å². The van der Waals surface area contributed by atoms with Crippen LogP contribution >= 0.6 is 11.8 Å². The molecule has 1 unspecified atom stereocenters. The molecule has 0 radical (unpaired) electrons. The van der Waals surface area contributed by atoms with Gasteiger partial charge in [0.2, 0.25) is 5.91 Å². The average molecular weight is 268 g/mol. The minimum atomic E-state index is -0.0393. The molecule has 1 aliphatic carbocycles. The average Bonchev–Trinajstić information content (AvgIpc) is 2.97. The van der Waals surface area contributed by atoms with Gasteiger partial charge in [-0.15, -0.1) is 11.8 Å². The summed E-state index contributed by atoms with van der Waals surface area (Å²) in [5, 5.41) is 7.00. The topological polar surface area (TPSA) is 55.1 Å². The van der Waals surface area contributed by atoms with Crippen molar-refractivity contribution in [3.63, 3.8) is 0 Å². The van der Waals surface area contributed by atoms with Gasteiger partial charge in [-0.1, -0.05) is 18.0 Å². The molecule has 1 aliphatic rings. The van der Waals surface area contributed by atoms with Gasteiger partial charge in [-0.25, -0.2) is 0 Å². The highest BCUT2D eigenvalue weighted by Gasteiger charge is 2.21. The van der Waals surface area contributed by atoms with Gasteiger partial charge in [-0.3, -0.25) is 4.79 Å². The number of amides is 1. The summed E-state index contributed by atoms with van der Waals surface area (Å²) >= 11 is 1.60. The van der Waals surface area contributed by atoms with Crippen molar-refractivity contribution >= 4 is 17.7 Å². The van der Waals surface area contributed by atoms with Crippen molar-refractivity contribution in [3.8, 4) is 0 Å². The number of carbonyl (C=O) groups is 1. The highest BCUT2D eigenvalue weighted by atomic mass is 32.2. The highest BCUT2D eigenvalue weighted by molar-refractivity contribution is 7.99. The molecule has 0 spiro atoms. The molecule has 0 saturated heterocycles. The molecule has 1 aromatic heterocycles. The van der Waals surface area contributed by atoms with Gasteiger partial charge in [-0.05, 0) is 26.7 Å². The SMILES string of the molecule is Cc1cc(CSC(C)C(=O)NC2CCCC2)no1. The lowest BCUT2D eigenvalue weighted by atomic mass is 10.2. The normalized spacial score (nSPS) is 17.9. The fourth-order valence-electron chi connectivity index (χ4n) is 2.16. The number of aromatic nitrogens is 1. The molecule has 1 aromatic rings. The summed E-state index contributed by atoms with van der Waals surface area (Å²) in [7, 11) is 0. The molecule has 1 fully saturated rings. The van der Waals surface area contributed by atoms with Crippen LogP contribution in [0.5, 0.6) is 0 Å². The summed E-state index contributed by atoms with van der Waals surface area (Å²) < 4.78 is 5.00. The van der Waals surface area contributed by atoms with E-state index in [0.717, 1.165) is 30.0 Å². The summed E-state index contributed by atoms with van der Waals surface area (Å²) in [6.07, 6.45) is 4.74. The van der Waals surface area contributed by atoms with Crippen LogP contribution in [0, 0.1) is 6.92 Å². The van der Waals surface area contributed by atoms with E-state index in [4.69, 9.17) is 4.52 Å². The third-order valence-electron chi connectivity index (χ3n) is 3.23. The van der Waals surface area contributed by atoms with Crippen LogP contribution in [-0.4, -0.2) is 22.4 Å². The first-order valence-electron chi connectivity index (χ1n) is 6.49. The molecule has 1 heterocycles. The Morgan fingerprint density at radius 2 is 2.33 bits per heavy atom. The summed E-state index contributed by atoms with van der Waals surface area (Å²) in [4.78, 5) is 11.9. The van der Waals surface area contributed by atoms with Gasteiger partial charge in [0.15, 0.2) is 0 Å². The van der Waals surface area contributed by atoms with Gasteiger partial charge in [0.25, 0.3) is 0 Å². The maximum atomic E-state index is 11.9. The van der Waals surface area contributed by atoms with Crippen LogP contribution in [-0.2, 0) is 10.5 Å². The summed E-state index contributed by atoms with van der Waals surface area (Å²) in [5.74, 6) is 1.68. The fourth-order valence-corrected chi connectivity index (χ4v) is 2.94. The Balaban J connectivity index is 1.73. The number of nitrogens with zero attached hydrogens (tertiary/aromatic N) is 1. The molecular weight excluding hydrogens is 248 g/mol. The van der Waals surface area contributed by atoms with E-state index in [9.17, 15) is 4.79 Å². The smallest absolute Gasteiger partial charge is 0.233 e. The number of hydrogen-bond donors (Lipinski definition) is 1. The summed E-state index contributed by atoms with van der Waals surface area (Å²) in [6.45, 7) is 3.82. The first kappa shape index (κ1) is 13.5. The molecular formula is C13H20N2O2S. The van der Waals surface area contributed by atoms with E-state index in [0.29, 0.717) is 6.04 Å². The van der Waals surface area contributed by atoms with E-state index in [1.54, 1.807) is 11.8 Å². The first-order valence-corrected chi connectivity index (χ1v) is 7.54. The zero-order chi connectivity index (χ0) is 13.0. The second-order valence-electron chi connectivity index (χ2n) is 4.87. The Morgan fingerprint density at radius 1 is 1.61 bits per heavy atom. The van der Waals surface area contributed by atoms with E-state index in [1.807, 2.05) is 19.9 Å². The van der Waals surface area contributed by atoms with Gasteiger partial charge in [0.1, 0.15) is 5.76 Å². The van der Waals surface area contributed by atoms with Crippen LogP contribution in [0.3, 0.4) is 0 Å². The third kappa shape index (κ3) is 3.77. The van der Waals surface area contributed by atoms with E-state index < -0.39 is 0 Å². The molecule has 0 aromatic carbocycles. The Hall–Kier alpha value is -0.970. The minimum absolute atomic E-state index is 0.0393. The maximum absolute atomic E-state index is 11.9. The molecule has 0 aliphatic heterocycles. The number of nitrogens with one attached hydrogen (secondary N) is 1. The van der Waals surface area contributed by atoms with Crippen LogP contribution in [0.1, 0.15) is 44.1 Å². The van der Waals surface area contributed by atoms with Gasteiger partial charge >= 0.3 is 0 Å². The van der Waals surface area contributed by atoms with Crippen LogP contribution in [0.4, 0.5) is 0 Å². The van der Waals surface area contributed by atoms with E-state index in [-0.39, 0.29) is 11.2 Å². The second-order valence-corrected chi connectivity index (χ2v) is 6.20. The van der Waals surface area contributed by atoms with Crippen LogP contribution in [0.15, 0.2) is 10.6 Å². The Bertz CT molecular complexity index is 399. The van der Waals surface area contributed by atoms with Crippen LogP contribution in [0.2, 0.25) is 0 Å². The van der Waals surface area contributed by atoms with Gasteiger partial charge in [0, 0.05) is 17.9 Å². The Labute approximate surface area is 112 Å². The molecule has 1 saturated carbocycles. The Morgan fingerprint density at radius 3 is 2.94 bits per heavy atom. The van der Waals surface area contributed by atoms with Gasteiger partial charge in [-0.2, -0.15) is 0 Å². The number of rotatable bonds is 5. The zero-order valence-corrected chi connectivity index (χ0v) is 11.8. The standard InChI is InChI=1S/C13H20N2O2S/c1-9-7-12(15-17-9)8-18-10(2)13(16)14-11-5-3-4-6-11/h7,10-11H,3-6,8H2,1-2H3,(H,14,16). The predicted molar refractivity (Wildman–Crippen MR) is 72.4 cm³/mol. The lowest BCUT2D eigenvalue weighted by molar-refractivity contribution is -0.120. The molecule has 4 nitrogen and oxygen atoms in total. The molecule has 100 valence electrons. The molecule has 18 heavy (non-hydrogen) atoms. The molecule has 5 heteroatoms. The predicted octanol–water partition coefficient (Wildman–Crippen LogP) is 2.66. The summed E-state index contributed by atoms with van der Waals surface area (Å²) in [6, 6.07) is 2.31. The van der Waals surface area contributed by atoms with Crippen molar-refractivity contribution in [3.05, 3.63) is 17.5 Å². The van der Waals surface area contributed by atoms with Crippen molar-refractivity contribution in [1.29, 1.82) is 0 Å². The molecule has 1 atom stereocenters. The second kappa shape index (κ2) is 6.27. The fraction of sp³-hybridized carbons (Fsp3) is 0.692. The van der Waals surface area contributed by atoms with Crippen LogP contribution in [0.25, 0.3) is 0 Å². The van der Waals surface area contributed by atoms with E-state index in [1.165, 1.54) is 12.8 Å². The van der Waals surface area contributed by atoms with E-state index >= 15 is 0 Å². The number of carbonyl (C=O) groups excluding carboxylic acids is 1. The lowest BCUT2D eigenvalue weighted by Crippen LogP contribution is -2.37. The highest BCUT2D eigenvalue weighted by Crippen LogP contribution is 2.21. The Kier molecular flexibility index (Phi) is 4.69. The van der Waals surface area contributed by atoms with Crippen molar-refractivity contribution in [2.75, 3.05) is 0 Å². The lowest BCUT2D eigenvalue weighted by Gasteiger charge is -2.15. The van der Waals surface area contributed by atoms with Crippen molar-refractivity contribution in [2.24, 2.45) is 0 Å². The number of hydrogen-bond acceptors (Lipinski definition) is 4. The van der Waals surface area contributed by atoms with Crippen LogP contribution < -0.4 is 5.32 Å². The number of thioether (sulfide) groups is 1. The molecule has 1 amide bonds. The molecule has 1 N–H and O–H groups in total. The van der Waals surface area contributed by atoms with Gasteiger partial charge in [0.05, 0.1) is 10.9 Å². The van der Waals surface area contributed by atoms with Gasteiger partial charge < -0.3 is 9.84 Å². The number of aryl methyl sites for hydroxylation is 1. The van der Waals surface area contributed by atoms with Crippen molar-refractivity contribution in [2.45, 2.75) is 56.6 Å². The zero-order valence-electron chi connectivity index (χ0n) is 10.9. The third-order valence-corrected chi connectivity index (χ3v) is 4.41. The minimum Gasteiger partial charge on any atom is -0.361 e. The molecule has 0 bridgehead atoms. The monoisotopic (exact) mass is 268 g/mol.